The molecule has 1 aliphatic heterocycles. The van der Waals surface area contributed by atoms with Gasteiger partial charge in [0.15, 0.2) is 5.69 Å². The van der Waals surface area contributed by atoms with E-state index in [1.807, 2.05) is 91.2 Å². The summed E-state index contributed by atoms with van der Waals surface area (Å²) < 4.78 is 1.38. The molecule has 4 aromatic rings. The van der Waals surface area contributed by atoms with Crippen LogP contribution >= 0.6 is 11.8 Å². The molecule has 0 bridgehead atoms. The fourth-order valence-corrected chi connectivity index (χ4v) is 4.70. The molecule has 8 nitrogen and oxygen atoms in total. The third-order valence-corrected chi connectivity index (χ3v) is 6.87. The Morgan fingerprint density at radius 3 is 2.22 bits per heavy atom. The molecular formula is C28H22N6O2S. The van der Waals surface area contributed by atoms with E-state index in [2.05, 4.69) is 15.1 Å². The Balaban J connectivity index is 1.67. The van der Waals surface area contributed by atoms with Crippen molar-refractivity contribution >= 4 is 23.6 Å². The van der Waals surface area contributed by atoms with Gasteiger partial charge in [0.05, 0.1) is 23.8 Å². The molecule has 9 heteroatoms. The van der Waals surface area contributed by atoms with Crippen molar-refractivity contribution in [2.24, 2.45) is 4.99 Å². The van der Waals surface area contributed by atoms with E-state index in [9.17, 15) is 14.9 Å². The van der Waals surface area contributed by atoms with Crippen molar-refractivity contribution < 1.29 is 9.59 Å². The highest BCUT2D eigenvalue weighted by Crippen LogP contribution is 2.30. The quantitative estimate of drug-likeness (QED) is 0.223. The van der Waals surface area contributed by atoms with Crippen molar-refractivity contribution in [1.82, 2.24) is 19.7 Å². The van der Waals surface area contributed by atoms with Gasteiger partial charge in [-0.05, 0) is 48.1 Å². The number of fused-ring (bicyclic) bond motifs is 1. The number of hydrogen-bond donors (Lipinski definition) is 0. The summed E-state index contributed by atoms with van der Waals surface area (Å²) in [7, 11) is 0. The van der Waals surface area contributed by atoms with E-state index in [1.54, 1.807) is 18.0 Å². The first-order valence-electron chi connectivity index (χ1n) is 11.6. The van der Waals surface area contributed by atoms with Crippen LogP contribution in [0.15, 0.2) is 94.8 Å². The zero-order valence-electron chi connectivity index (χ0n) is 20.0. The first kappa shape index (κ1) is 24.2. The Morgan fingerprint density at radius 1 is 0.946 bits per heavy atom. The van der Waals surface area contributed by atoms with Gasteiger partial charge >= 0.3 is 0 Å². The fraction of sp³-hybridized carbons (Fsp3) is 0.143. The van der Waals surface area contributed by atoms with Crippen molar-refractivity contribution in [2.45, 2.75) is 23.8 Å². The lowest BCUT2D eigenvalue weighted by Gasteiger charge is -2.31. The molecule has 1 aromatic heterocycles. The molecule has 0 aliphatic carbocycles. The van der Waals surface area contributed by atoms with E-state index in [-0.39, 0.29) is 29.5 Å². The number of nitrogens with zero attached hydrogens (tertiary/aromatic N) is 6. The second-order valence-electron chi connectivity index (χ2n) is 8.42. The molecule has 2 amide bonds. The smallest absolute Gasteiger partial charge is 0.274 e. The van der Waals surface area contributed by atoms with E-state index >= 15 is 0 Å². The molecule has 0 saturated heterocycles. The van der Waals surface area contributed by atoms with Crippen LogP contribution in [0, 0.1) is 11.5 Å². The van der Waals surface area contributed by atoms with Gasteiger partial charge in [-0.25, -0.2) is 4.98 Å². The van der Waals surface area contributed by atoms with Gasteiger partial charge in [-0.2, -0.15) is 15.0 Å². The third kappa shape index (κ3) is 4.92. The molecule has 1 unspecified atom stereocenters. The van der Waals surface area contributed by atoms with Gasteiger partial charge < -0.3 is 0 Å². The summed E-state index contributed by atoms with van der Waals surface area (Å²) >= 11 is 1.59. The van der Waals surface area contributed by atoms with Gasteiger partial charge in [-0.1, -0.05) is 60.7 Å². The van der Waals surface area contributed by atoms with E-state index in [4.69, 9.17) is 0 Å². The molecule has 0 fully saturated rings. The second-order valence-corrected chi connectivity index (χ2v) is 9.30. The van der Waals surface area contributed by atoms with E-state index in [1.165, 1.54) is 9.58 Å². The Bertz CT molecular complexity index is 1560. The Labute approximate surface area is 217 Å². The standard InChI is InChI=1S/C28H22N6O2S/c1-37-22-14-12-21(13-15-22)34-28(30-18-29)31-24-23(16-19-8-4-2-5-9-19)26(35)33(27(36)25(24)32-34)17-20-10-6-3-7-11-20/h2-15,23H,16-17H2,1H3. The largest absolute Gasteiger partial charge is 0.283 e. The lowest BCUT2D eigenvalue weighted by atomic mass is 9.90. The number of carbonyl (C=O) groups is 2. The normalized spacial score (nSPS) is 15.4. The van der Waals surface area contributed by atoms with Gasteiger partial charge in [0.2, 0.25) is 12.1 Å². The van der Waals surface area contributed by atoms with Gasteiger partial charge in [-0.15, -0.1) is 16.8 Å². The van der Waals surface area contributed by atoms with Crippen molar-refractivity contribution in [1.29, 1.82) is 5.26 Å². The maximum absolute atomic E-state index is 13.7. The minimum Gasteiger partial charge on any atom is -0.274 e. The van der Waals surface area contributed by atoms with Crippen LogP contribution < -0.4 is 5.62 Å². The molecule has 3 aromatic carbocycles. The molecule has 1 atom stereocenters. The lowest BCUT2D eigenvalue weighted by molar-refractivity contribution is -0.131. The molecule has 0 saturated carbocycles. The molecule has 0 radical (unpaired) electrons. The number of aromatic nitrogens is 3. The maximum atomic E-state index is 13.7. The Morgan fingerprint density at radius 2 is 1.59 bits per heavy atom. The average Bonchev–Trinajstić information content (AvgIpc) is 2.94. The molecule has 5 rings (SSSR count). The van der Waals surface area contributed by atoms with E-state index in [0.29, 0.717) is 12.1 Å². The van der Waals surface area contributed by atoms with Crippen LogP contribution in [0.5, 0.6) is 0 Å². The highest BCUT2D eigenvalue weighted by atomic mass is 32.2. The van der Waals surface area contributed by atoms with Gasteiger partial charge in [0.1, 0.15) is 0 Å². The molecular weight excluding hydrogens is 484 g/mol. The zero-order chi connectivity index (χ0) is 25.8. The highest BCUT2D eigenvalue weighted by Gasteiger charge is 2.42. The van der Waals surface area contributed by atoms with Crippen LogP contribution in [-0.4, -0.2) is 37.7 Å². The molecule has 0 spiro atoms. The summed E-state index contributed by atoms with van der Waals surface area (Å²) in [5.41, 5.74) is 2.66. The van der Waals surface area contributed by atoms with Gasteiger partial charge in [0, 0.05) is 4.90 Å². The van der Waals surface area contributed by atoms with Crippen LogP contribution in [0.3, 0.4) is 0 Å². The molecule has 1 aliphatic rings. The summed E-state index contributed by atoms with van der Waals surface area (Å²) in [5.74, 6) is -1.64. The average molecular weight is 507 g/mol. The molecule has 182 valence electrons. The minimum atomic E-state index is -0.757. The summed E-state index contributed by atoms with van der Waals surface area (Å²) in [5, 5.41) is 14.0. The Hall–Kier alpha value is -4.55. The van der Waals surface area contributed by atoms with Crippen molar-refractivity contribution in [3.05, 3.63) is 113 Å². The Kier molecular flexibility index (Phi) is 6.92. The van der Waals surface area contributed by atoms with Crippen LogP contribution in [0.25, 0.3) is 5.69 Å². The number of thioether (sulfide) groups is 1. The number of imide groups is 1. The van der Waals surface area contributed by atoms with Crippen LogP contribution in [0.2, 0.25) is 0 Å². The number of hydrogen-bond acceptors (Lipinski definition) is 7. The predicted octanol–water partition coefficient (Wildman–Crippen LogP) is 3.88. The predicted molar refractivity (Wildman–Crippen MR) is 139 cm³/mol. The number of rotatable bonds is 6. The van der Waals surface area contributed by atoms with Crippen LogP contribution in [0.1, 0.15) is 33.2 Å². The monoisotopic (exact) mass is 506 g/mol. The van der Waals surface area contributed by atoms with E-state index < -0.39 is 11.8 Å². The minimum absolute atomic E-state index is 0.00771. The van der Waals surface area contributed by atoms with Crippen molar-refractivity contribution in [2.75, 3.05) is 6.26 Å². The second kappa shape index (κ2) is 10.6. The number of amides is 2. The number of nitriles is 1. The third-order valence-electron chi connectivity index (χ3n) is 6.13. The molecule has 37 heavy (non-hydrogen) atoms. The number of benzene rings is 3. The first-order valence-corrected chi connectivity index (χ1v) is 12.8. The summed E-state index contributed by atoms with van der Waals surface area (Å²) in [6.07, 6.45) is 4.07. The SMILES string of the molecule is CSc1ccc(-n2nc3c(nc2=NC#N)C(Cc2ccccc2)C(=O)N(Cc2ccccc2)C3=O)cc1. The topological polar surface area (TPSA) is 104 Å². The molecule has 2 heterocycles. The lowest BCUT2D eigenvalue weighted by Crippen LogP contribution is -2.48. The fourth-order valence-electron chi connectivity index (χ4n) is 4.30. The van der Waals surface area contributed by atoms with Crippen molar-refractivity contribution in [3.63, 3.8) is 0 Å². The summed E-state index contributed by atoms with van der Waals surface area (Å²) in [6, 6.07) is 26.4. The van der Waals surface area contributed by atoms with Crippen LogP contribution in [0.4, 0.5) is 0 Å². The van der Waals surface area contributed by atoms with Crippen LogP contribution in [-0.2, 0) is 17.8 Å². The number of carbonyl (C=O) groups excluding carboxylic acids is 2. The van der Waals surface area contributed by atoms with Crippen molar-refractivity contribution in [3.8, 4) is 11.9 Å². The summed E-state index contributed by atoms with van der Waals surface area (Å²) in [4.78, 5) is 38.1. The van der Waals surface area contributed by atoms with Gasteiger partial charge in [0.25, 0.3) is 11.5 Å². The summed E-state index contributed by atoms with van der Waals surface area (Å²) in [6.45, 7) is 0.123. The zero-order valence-corrected chi connectivity index (χ0v) is 20.8. The first-order chi connectivity index (χ1) is 18.1. The van der Waals surface area contributed by atoms with E-state index in [0.717, 1.165) is 16.0 Å². The maximum Gasteiger partial charge on any atom is 0.283 e. The molecule has 0 N–H and O–H groups in total. The highest BCUT2D eigenvalue weighted by molar-refractivity contribution is 7.98. The van der Waals surface area contributed by atoms with Gasteiger partial charge in [-0.3, -0.25) is 14.5 Å².